The monoisotopic (exact) mass is 414 g/mol. The second kappa shape index (κ2) is 8.16. The average Bonchev–Trinajstić information content (AvgIpc) is 2.94. The van der Waals surface area contributed by atoms with Gasteiger partial charge in [0, 0.05) is 11.1 Å². The summed E-state index contributed by atoms with van der Waals surface area (Å²) in [5.41, 5.74) is 3.03. The fourth-order valence-corrected chi connectivity index (χ4v) is 4.20. The number of esters is 1. The second-order valence-corrected chi connectivity index (χ2v) is 8.53. The average molecular weight is 414 g/mol. The van der Waals surface area contributed by atoms with E-state index in [1.807, 2.05) is 19.9 Å². The van der Waals surface area contributed by atoms with Gasteiger partial charge in [0.15, 0.2) is 6.10 Å². The first-order valence-electron chi connectivity index (χ1n) is 9.16. The summed E-state index contributed by atoms with van der Waals surface area (Å²) in [7, 11) is -3.61. The molecule has 1 heterocycles. The Morgan fingerprint density at radius 1 is 1.10 bits per heavy atom. The molecule has 0 amide bonds. The standard InChI is InChI=1S/C21H22N2O5S/c1-13-8-9-16(12-14(13)2)20(25)15(3)28-19(24)10-11-22-21-17-6-4-5-7-18(17)29(26,27)23-21/h4-9,12,15H,10-11H2,1-3H3,(H,22,23). The Labute approximate surface area is 169 Å². The van der Waals surface area contributed by atoms with Crippen molar-refractivity contribution in [1.82, 2.24) is 4.72 Å². The third kappa shape index (κ3) is 4.54. The van der Waals surface area contributed by atoms with Gasteiger partial charge in [-0.2, -0.15) is 0 Å². The highest BCUT2D eigenvalue weighted by atomic mass is 32.2. The van der Waals surface area contributed by atoms with Crippen molar-refractivity contribution < 1.29 is 22.7 Å². The van der Waals surface area contributed by atoms with Gasteiger partial charge in [-0.25, -0.2) is 8.42 Å². The lowest BCUT2D eigenvalue weighted by Gasteiger charge is -2.13. The van der Waals surface area contributed by atoms with E-state index in [-0.39, 0.29) is 29.5 Å². The molecule has 152 valence electrons. The van der Waals surface area contributed by atoms with Gasteiger partial charge in [-0.05, 0) is 50.1 Å². The molecule has 0 radical (unpaired) electrons. The Morgan fingerprint density at radius 2 is 1.83 bits per heavy atom. The number of amidine groups is 1. The first-order valence-corrected chi connectivity index (χ1v) is 10.6. The van der Waals surface area contributed by atoms with Gasteiger partial charge in [-0.3, -0.25) is 19.3 Å². The van der Waals surface area contributed by atoms with E-state index in [0.717, 1.165) is 11.1 Å². The van der Waals surface area contributed by atoms with Gasteiger partial charge in [0.05, 0.1) is 17.9 Å². The van der Waals surface area contributed by atoms with Crippen LogP contribution in [0.1, 0.15) is 40.4 Å². The normalized spacial score (nSPS) is 16.7. The number of benzene rings is 2. The van der Waals surface area contributed by atoms with Crippen LogP contribution in [-0.2, 0) is 19.6 Å². The molecule has 1 aliphatic rings. The maximum atomic E-state index is 12.5. The number of hydrogen-bond acceptors (Lipinski definition) is 6. The summed E-state index contributed by atoms with van der Waals surface area (Å²) in [6, 6.07) is 11.8. The SMILES string of the molecule is Cc1ccc(C(=O)C(C)OC(=O)CCN=C2NS(=O)(=O)c3ccccc32)cc1C. The number of fused-ring (bicyclic) bond motifs is 1. The van der Waals surface area contributed by atoms with Crippen LogP contribution in [0.2, 0.25) is 0 Å². The van der Waals surface area contributed by atoms with E-state index in [1.165, 1.54) is 13.0 Å². The largest absolute Gasteiger partial charge is 0.454 e. The Hall–Kier alpha value is -3.00. The number of ketones is 1. The minimum Gasteiger partial charge on any atom is -0.454 e. The summed E-state index contributed by atoms with van der Waals surface area (Å²) < 4.78 is 31.7. The topological polar surface area (TPSA) is 102 Å². The lowest BCUT2D eigenvalue weighted by molar-refractivity contribution is -0.146. The molecule has 3 rings (SSSR count). The molecule has 0 saturated carbocycles. The number of ether oxygens (including phenoxy) is 1. The van der Waals surface area contributed by atoms with Crippen LogP contribution in [0.5, 0.6) is 0 Å². The van der Waals surface area contributed by atoms with Crippen LogP contribution >= 0.6 is 0 Å². The van der Waals surface area contributed by atoms with Crippen LogP contribution in [0.3, 0.4) is 0 Å². The summed E-state index contributed by atoms with van der Waals surface area (Å²) in [5, 5.41) is 0. The van der Waals surface area contributed by atoms with Gasteiger partial charge >= 0.3 is 5.97 Å². The molecule has 0 fully saturated rings. The lowest BCUT2D eigenvalue weighted by atomic mass is 10.0. The van der Waals surface area contributed by atoms with Crippen molar-refractivity contribution in [3.63, 3.8) is 0 Å². The van der Waals surface area contributed by atoms with Gasteiger partial charge in [-0.1, -0.05) is 24.3 Å². The van der Waals surface area contributed by atoms with Gasteiger partial charge < -0.3 is 4.74 Å². The zero-order valence-electron chi connectivity index (χ0n) is 16.4. The van der Waals surface area contributed by atoms with Crippen LogP contribution in [0.25, 0.3) is 0 Å². The number of hydrogen-bond donors (Lipinski definition) is 1. The number of Topliss-reactive ketones (excluding diaryl/α,β-unsaturated/α-hetero) is 1. The van der Waals surface area contributed by atoms with Crippen molar-refractivity contribution in [3.8, 4) is 0 Å². The Bertz CT molecular complexity index is 1110. The molecule has 0 aliphatic carbocycles. The molecule has 1 N–H and O–H groups in total. The van der Waals surface area contributed by atoms with E-state index in [9.17, 15) is 18.0 Å². The van der Waals surface area contributed by atoms with Crippen LogP contribution in [-0.4, -0.2) is 38.7 Å². The lowest BCUT2D eigenvalue weighted by Crippen LogP contribution is -2.25. The molecule has 0 saturated heterocycles. The maximum Gasteiger partial charge on any atom is 0.308 e. The first-order chi connectivity index (χ1) is 13.7. The number of aliphatic imine (C=N–C) groups is 1. The van der Waals surface area contributed by atoms with E-state index in [4.69, 9.17) is 4.74 Å². The highest BCUT2D eigenvalue weighted by molar-refractivity contribution is 7.90. The van der Waals surface area contributed by atoms with Gasteiger partial charge in [0.1, 0.15) is 5.84 Å². The summed E-state index contributed by atoms with van der Waals surface area (Å²) in [6.07, 6.45) is -0.985. The number of carbonyl (C=O) groups is 2. The first kappa shape index (κ1) is 20.7. The quantitative estimate of drug-likeness (QED) is 0.578. The van der Waals surface area contributed by atoms with Crippen LogP contribution in [0.4, 0.5) is 0 Å². The van der Waals surface area contributed by atoms with Gasteiger partial charge in [0.2, 0.25) is 5.78 Å². The molecule has 29 heavy (non-hydrogen) atoms. The van der Waals surface area contributed by atoms with Crippen molar-refractivity contribution in [2.45, 2.75) is 38.2 Å². The van der Waals surface area contributed by atoms with Crippen LogP contribution < -0.4 is 4.72 Å². The van der Waals surface area contributed by atoms with Crippen LogP contribution in [0.15, 0.2) is 52.4 Å². The molecular formula is C21H22N2O5S. The molecule has 1 unspecified atom stereocenters. The van der Waals surface area contributed by atoms with E-state index in [1.54, 1.807) is 30.3 Å². The van der Waals surface area contributed by atoms with Gasteiger partial charge in [-0.15, -0.1) is 0 Å². The minimum absolute atomic E-state index is 0.0373. The molecule has 0 spiro atoms. The number of carbonyl (C=O) groups excluding carboxylic acids is 2. The fraction of sp³-hybridized carbons (Fsp3) is 0.286. The number of sulfonamides is 1. The van der Waals surface area contributed by atoms with E-state index >= 15 is 0 Å². The number of nitrogens with zero attached hydrogens (tertiary/aromatic N) is 1. The molecule has 2 aromatic carbocycles. The molecule has 0 bridgehead atoms. The number of nitrogens with one attached hydrogen (secondary N) is 1. The zero-order valence-corrected chi connectivity index (χ0v) is 17.2. The summed E-state index contributed by atoms with van der Waals surface area (Å²) in [5.74, 6) is -0.647. The molecule has 0 aromatic heterocycles. The zero-order chi connectivity index (χ0) is 21.2. The van der Waals surface area contributed by atoms with Crippen molar-refractivity contribution >= 4 is 27.6 Å². The summed E-state index contributed by atoms with van der Waals surface area (Å²) >= 11 is 0. The highest BCUT2D eigenvalue weighted by Crippen LogP contribution is 2.22. The third-order valence-electron chi connectivity index (χ3n) is 4.72. The molecule has 8 heteroatoms. The summed E-state index contributed by atoms with van der Waals surface area (Å²) in [4.78, 5) is 28.9. The molecule has 1 aliphatic heterocycles. The van der Waals surface area contributed by atoms with Crippen molar-refractivity contribution in [3.05, 3.63) is 64.7 Å². The van der Waals surface area contributed by atoms with Gasteiger partial charge in [0.25, 0.3) is 10.0 Å². The fourth-order valence-electron chi connectivity index (χ4n) is 2.95. The number of aryl methyl sites for hydroxylation is 2. The highest BCUT2D eigenvalue weighted by Gasteiger charge is 2.30. The predicted octanol–water partition coefficient (Wildman–Crippen LogP) is 2.55. The predicted molar refractivity (Wildman–Crippen MR) is 109 cm³/mol. The molecule has 2 aromatic rings. The Morgan fingerprint density at radius 3 is 2.55 bits per heavy atom. The number of rotatable bonds is 6. The second-order valence-electron chi connectivity index (χ2n) is 6.88. The van der Waals surface area contributed by atoms with Crippen molar-refractivity contribution in [1.29, 1.82) is 0 Å². The minimum atomic E-state index is -3.61. The van der Waals surface area contributed by atoms with Crippen molar-refractivity contribution in [2.75, 3.05) is 6.54 Å². The third-order valence-corrected chi connectivity index (χ3v) is 6.11. The Balaban J connectivity index is 1.58. The van der Waals surface area contributed by atoms with Crippen LogP contribution in [0, 0.1) is 13.8 Å². The van der Waals surface area contributed by atoms with E-state index < -0.39 is 22.1 Å². The molecular weight excluding hydrogens is 392 g/mol. The molecule has 1 atom stereocenters. The Kier molecular flexibility index (Phi) is 5.83. The summed E-state index contributed by atoms with van der Waals surface area (Å²) in [6.45, 7) is 5.44. The maximum absolute atomic E-state index is 12.5. The van der Waals surface area contributed by atoms with Crippen molar-refractivity contribution in [2.24, 2.45) is 4.99 Å². The van der Waals surface area contributed by atoms with E-state index in [2.05, 4.69) is 9.71 Å². The molecule has 7 nitrogen and oxygen atoms in total. The smallest absolute Gasteiger partial charge is 0.308 e. The van der Waals surface area contributed by atoms with E-state index in [0.29, 0.717) is 11.1 Å².